The summed E-state index contributed by atoms with van der Waals surface area (Å²) in [5.74, 6) is 2.97. The second-order valence-corrected chi connectivity index (χ2v) is 10.6. The Labute approximate surface area is 214 Å². The molecule has 2 rings (SSSR count). The molecule has 1 heterocycles. The van der Waals surface area contributed by atoms with Crippen LogP contribution >= 0.6 is 7.60 Å². The maximum atomic E-state index is 13.1. The number of carbonyl (C=O) groups excluding carboxylic acids is 2. The smallest absolute Gasteiger partial charge is 0.330 e. The molecule has 0 spiro atoms. The number of aryl methyl sites for hydroxylation is 3. The molecule has 196 valence electrons. The van der Waals surface area contributed by atoms with Gasteiger partial charge in [-0.05, 0) is 45.6 Å². The molecular formula is C26H37N4O5P. The third kappa shape index (κ3) is 8.63. The van der Waals surface area contributed by atoms with Crippen LogP contribution in [0.15, 0.2) is 24.3 Å². The van der Waals surface area contributed by atoms with Crippen LogP contribution in [0.4, 0.5) is 5.82 Å². The van der Waals surface area contributed by atoms with Crippen LogP contribution in [-0.4, -0.2) is 66.7 Å². The SMILES string of the molecule is C#CCN(C)C(=O)c1[nH]c(CCc2ccc(C)cc2)nc1N(C=O)CCCCP(=O)(OCC)OCC. The van der Waals surface area contributed by atoms with Gasteiger partial charge in [0.15, 0.2) is 5.82 Å². The predicted molar refractivity (Wildman–Crippen MR) is 141 cm³/mol. The van der Waals surface area contributed by atoms with Crippen LogP contribution < -0.4 is 4.90 Å². The largest absolute Gasteiger partial charge is 0.336 e. The van der Waals surface area contributed by atoms with Gasteiger partial charge in [0.25, 0.3) is 5.91 Å². The molecule has 0 fully saturated rings. The average molecular weight is 517 g/mol. The summed E-state index contributed by atoms with van der Waals surface area (Å²) in [4.78, 5) is 35.6. The van der Waals surface area contributed by atoms with Crippen molar-refractivity contribution >= 4 is 25.7 Å². The zero-order valence-electron chi connectivity index (χ0n) is 21.7. The van der Waals surface area contributed by atoms with Gasteiger partial charge in [-0.2, -0.15) is 0 Å². The lowest BCUT2D eigenvalue weighted by Crippen LogP contribution is -2.31. The molecule has 9 nitrogen and oxygen atoms in total. The monoisotopic (exact) mass is 516 g/mol. The number of benzene rings is 1. The maximum Gasteiger partial charge on any atom is 0.330 e. The van der Waals surface area contributed by atoms with Gasteiger partial charge in [0.2, 0.25) is 6.41 Å². The molecule has 0 aliphatic rings. The van der Waals surface area contributed by atoms with Gasteiger partial charge < -0.3 is 18.9 Å². The lowest BCUT2D eigenvalue weighted by atomic mass is 10.1. The molecule has 0 saturated carbocycles. The number of H-pyrrole nitrogens is 1. The van der Waals surface area contributed by atoms with Crippen molar-refractivity contribution in [3.8, 4) is 12.3 Å². The van der Waals surface area contributed by atoms with Crippen molar-refractivity contribution in [1.82, 2.24) is 14.9 Å². The van der Waals surface area contributed by atoms with E-state index in [-0.39, 0.29) is 30.1 Å². The zero-order chi connectivity index (χ0) is 26.6. The van der Waals surface area contributed by atoms with E-state index < -0.39 is 7.60 Å². The third-order valence-corrected chi connectivity index (χ3v) is 7.69. The Morgan fingerprint density at radius 3 is 2.42 bits per heavy atom. The molecule has 0 radical (unpaired) electrons. The highest BCUT2D eigenvalue weighted by Crippen LogP contribution is 2.48. The second kappa shape index (κ2) is 14.6. The number of rotatable bonds is 16. The van der Waals surface area contributed by atoms with Gasteiger partial charge >= 0.3 is 7.60 Å². The molecule has 0 unspecified atom stereocenters. The van der Waals surface area contributed by atoms with Crippen LogP contribution in [0.3, 0.4) is 0 Å². The molecule has 0 saturated heterocycles. The molecule has 1 aromatic carbocycles. The van der Waals surface area contributed by atoms with E-state index in [0.29, 0.717) is 51.3 Å². The van der Waals surface area contributed by atoms with E-state index in [1.807, 2.05) is 6.92 Å². The molecule has 0 aliphatic carbocycles. The van der Waals surface area contributed by atoms with Crippen molar-refractivity contribution in [3.05, 3.63) is 46.9 Å². The van der Waals surface area contributed by atoms with E-state index in [1.165, 1.54) is 15.4 Å². The van der Waals surface area contributed by atoms with Crippen molar-refractivity contribution in [2.45, 2.75) is 46.5 Å². The van der Waals surface area contributed by atoms with Crippen molar-refractivity contribution in [2.75, 3.05) is 44.4 Å². The Balaban J connectivity index is 2.17. The molecule has 2 aromatic rings. The normalized spacial score (nSPS) is 11.2. The summed E-state index contributed by atoms with van der Waals surface area (Å²) in [5.41, 5.74) is 2.55. The number of unbranched alkanes of at least 4 members (excludes halogenated alkanes) is 1. The summed E-state index contributed by atoms with van der Waals surface area (Å²) in [6, 6.07) is 8.23. The van der Waals surface area contributed by atoms with E-state index in [4.69, 9.17) is 15.5 Å². The molecule has 1 N–H and O–H groups in total. The fraction of sp³-hybridized carbons (Fsp3) is 0.500. The first-order valence-corrected chi connectivity index (χ1v) is 13.9. The first-order valence-electron chi connectivity index (χ1n) is 12.2. The fourth-order valence-electron chi connectivity index (χ4n) is 3.66. The number of aromatic nitrogens is 2. The van der Waals surface area contributed by atoms with Gasteiger partial charge in [-0.25, -0.2) is 4.98 Å². The minimum Gasteiger partial charge on any atom is -0.336 e. The van der Waals surface area contributed by atoms with Crippen LogP contribution in [0.2, 0.25) is 0 Å². The number of imidazole rings is 1. The van der Waals surface area contributed by atoms with Gasteiger partial charge in [0, 0.05) is 20.0 Å². The van der Waals surface area contributed by atoms with Crippen LogP contribution in [0, 0.1) is 19.3 Å². The molecule has 36 heavy (non-hydrogen) atoms. The van der Waals surface area contributed by atoms with Crippen LogP contribution in [0.25, 0.3) is 0 Å². The van der Waals surface area contributed by atoms with Crippen LogP contribution in [-0.2, 0) is 31.2 Å². The van der Waals surface area contributed by atoms with Crippen molar-refractivity contribution in [2.24, 2.45) is 0 Å². The number of amides is 2. The van der Waals surface area contributed by atoms with Gasteiger partial charge in [-0.15, -0.1) is 6.42 Å². The summed E-state index contributed by atoms with van der Waals surface area (Å²) in [5, 5.41) is 0. The Morgan fingerprint density at radius 2 is 1.83 bits per heavy atom. The van der Waals surface area contributed by atoms with E-state index >= 15 is 0 Å². The van der Waals surface area contributed by atoms with E-state index in [2.05, 4.69) is 40.2 Å². The Kier molecular flexibility index (Phi) is 11.9. The zero-order valence-corrected chi connectivity index (χ0v) is 22.6. The fourth-order valence-corrected chi connectivity index (χ4v) is 5.39. The van der Waals surface area contributed by atoms with Crippen molar-refractivity contribution < 1.29 is 23.2 Å². The Bertz CT molecular complexity index is 1070. The highest BCUT2D eigenvalue weighted by molar-refractivity contribution is 7.53. The summed E-state index contributed by atoms with van der Waals surface area (Å²) in [6.45, 7) is 6.59. The summed E-state index contributed by atoms with van der Waals surface area (Å²) in [7, 11) is -1.55. The number of terminal acetylenes is 1. The van der Waals surface area contributed by atoms with Gasteiger partial charge in [-0.3, -0.25) is 19.1 Å². The number of nitrogens with zero attached hydrogens (tertiary/aromatic N) is 3. The summed E-state index contributed by atoms with van der Waals surface area (Å²) in [6.07, 6.45) is 8.63. The molecular weight excluding hydrogens is 479 g/mol. The third-order valence-electron chi connectivity index (χ3n) is 5.53. The molecule has 0 bridgehead atoms. The average Bonchev–Trinajstić information content (AvgIpc) is 3.27. The second-order valence-electron chi connectivity index (χ2n) is 8.41. The standard InChI is InChI=1S/C26H37N4O5P/c1-6-17-29(5)26(32)24-25(28-23(27-24)16-15-22-13-11-21(4)12-14-22)30(20-31)18-9-10-19-36(33,34-7-2)35-8-3/h1,11-14,20H,7-10,15-19H2,2-5H3,(H,27,28). The van der Waals surface area contributed by atoms with Crippen molar-refractivity contribution in [3.63, 3.8) is 0 Å². The lowest BCUT2D eigenvalue weighted by Gasteiger charge is -2.20. The molecule has 0 atom stereocenters. The topological polar surface area (TPSA) is 105 Å². The van der Waals surface area contributed by atoms with E-state index in [1.54, 1.807) is 20.9 Å². The molecule has 2 amide bonds. The quantitative estimate of drug-likeness (QED) is 0.155. The van der Waals surface area contributed by atoms with Crippen molar-refractivity contribution in [1.29, 1.82) is 0 Å². The first-order chi connectivity index (χ1) is 17.3. The molecule has 0 aliphatic heterocycles. The van der Waals surface area contributed by atoms with Gasteiger partial charge in [-0.1, -0.05) is 35.7 Å². The highest BCUT2D eigenvalue weighted by Gasteiger charge is 2.26. The molecule has 1 aromatic heterocycles. The Morgan fingerprint density at radius 1 is 1.17 bits per heavy atom. The maximum absolute atomic E-state index is 13.1. The van der Waals surface area contributed by atoms with E-state index in [0.717, 1.165) is 12.0 Å². The van der Waals surface area contributed by atoms with Gasteiger partial charge in [0.05, 0.1) is 25.9 Å². The number of hydrogen-bond acceptors (Lipinski definition) is 6. The Hall–Kier alpha value is -2.92. The summed E-state index contributed by atoms with van der Waals surface area (Å²) >= 11 is 0. The number of anilines is 1. The summed E-state index contributed by atoms with van der Waals surface area (Å²) < 4.78 is 23.3. The van der Waals surface area contributed by atoms with Crippen LogP contribution in [0.1, 0.15) is 54.1 Å². The molecule has 10 heteroatoms. The minimum absolute atomic E-state index is 0.126. The minimum atomic E-state index is -3.15. The number of nitrogens with one attached hydrogen (secondary N) is 1. The highest BCUT2D eigenvalue weighted by atomic mass is 31.2. The number of aromatic amines is 1. The van der Waals surface area contributed by atoms with E-state index in [9.17, 15) is 14.2 Å². The first kappa shape index (κ1) is 29.3. The number of carbonyl (C=O) groups is 2. The predicted octanol–water partition coefficient (Wildman–Crippen LogP) is 4.22. The number of hydrogen-bond donors (Lipinski definition) is 1. The van der Waals surface area contributed by atoms with Gasteiger partial charge in [0.1, 0.15) is 11.5 Å². The van der Waals surface area contributed by atoms with Crippen LogP contribution in [0.5, 0.6) is 0 Å². The lowest BCUT2D eigenvalue weighted by molar-refractivity contribution is -0.107.